The fraction of sp³-hybridized carbons (Fsp3) is 0.286. The molecule has 3 rings (SSSR count). The first-order valence-corrected chi connectivity index (χ1v) is 10.4. The van der Waals surface area contributed by atoms with Gasteiger partial charge in [0, 0.05) is 22.0 Å². The molecule has 1 unspecified atom stereocenters. The molecular formula is C21H22ClN3O3S. The highest BCUT2D eigenvalue weighted by Gasteiger charge is 2.29. The molecule has 1 atom stereocenters. The molecule has 2 aromatic carbocycles. The first-order chi connectivity index (χ1) is 13.7. The van der Waals surface area contributed by atoms with Gasteiger partial charge in [-0.15, -0.1) is 11.8 Å². The van der Waals surface area contributed by atoms with Crippen LogP contribution in [0.1, 0.15) is 23.1 Å². The topological polar surface area (TPSA) is 87.3 Å². The summed E-state index contributed by atoms with van der Waals surface area (Å²) in [5.74, 6) is -0.924. The molecule has 6 nitrogen and oxygen atoms in total. The molecule has 29 heavy (non-hydrogen) atoms. The maximum atomic E-state index is 12.3. The Morgan fingerprint density at radius 1 is 1.10 bits per heavy atom. The zero-order valence-electron chi connectivity index (χ0n) is 16.4. The van der Waals surface area contributed by atoms with Crippen LogP contribution in [0.25, 0.3) is 0 Å². The Hall–Kier alpha value is -2.51. The third-order valence-electron chi connectivity index (χ3n) is 4.52. The largest absolute Gasteiger partial charge is 0.347 e. The van der Waals surface area contributed by atoms with Gasteiger partial charge in [0.05, 0.1) is 17.5 Å². The number of carbonyl (C=O) groups is 3. The summed E-state index contributed by atoms with van der Waals surface area (Å²) in [6, 6.07) is 9.21. The summed E-state index contributed by atoms with van der Waals surface area (Å²) >= 11 is 7.25. The molecule has 3 amide bonds. The van der Waals surface area contributed by atoms with E-state index in [9.17, 15) is 14.4 Å². The molecule has 0 saturated heterocycles. The Morgan fingerprint density at radius 2 is 1.79 bits per heavy atom. The van der Waals surface area contributed by atoms with E-state index in [1.54, 1.807) is 12.1 Å². The molecule has 2 aromatic rings. The number of halogens is 1. The monoisotopic (exact) mass is 431 g/mol. The average Bonchev–Trinajstić information content (AvgIpc) is 2.64. The molecule has 0 spiro atoms. The highest BCUT2D eigenvalue weighted by Crippen LogP contribution is 2.38. The van der Waals surface area contributed by atoms with Gasteiger partial charge in [-0.05, 0) is 50.1 Å². The molecule has 1 aliphatic heterocycles. The van der Waals surface area contributed by atoms with Crippen molar-refractivity contribution < 1.29 is 14.4 Å². The van der Waals surface area contributed by atoms with E-state index in [4.69, 9.17) is 11.6 Å². The summed E-state index contributed by atoms with van der Waals surface area (Å²) in [5.41, 5.74) is 4.46. The van der Waals surface area contributed by atoms with Gasteiger partial charge >= 0.3 is 0 Å². The summed E-state index contributed by atoms with van der Waals surface area (Å²) in [4.78, 5) is 37.6. The van der Waals surface area contributed by atoms with Gasteiger partial charge in [-0.2, -0.15) is 0 Å². The predicted octanol–water partition coefficient (Wildman–Crippen LogP) is 3.82. The van der Waals surface area contributed by atoms with Crippen LogP contribution >= 0.6 is 23.4 Å². The van der Waals surface area contributed by atoms with E-state index in [0.29, 0.717) is 10.7 Å². The number of anilines is 2. The molecular weight excluding hydrogens is 410 g/mol. The number of hydrogen-bond acceptors (Lipinski definition) is 4. The predicted molar refractivity (Wildman–Crippen MR) is 117 cm³/mol. The lowest BCUT2D eigenvalue weighted by molar-refractivity contribution is -0.125. The van der Waals surface area contributed by atoms with Gasteiger partial charge in [-0.3, -0.25) is 14.4 Å². The van der Waals surface area contributed by atoms with Crippen LogP contribution in [0.15, 0.2) is 35.2 Å². The van der Waals surface area contributed by atoms with Crippen LogP contribution in [-0.4, -0.2) is 29.5 Å². The van der Waals surface area contributed by atoms with Crippen LogP contribution in [0.4, 0.5) is 11.4 Å². The lowest BCUT2D eigenvalue weighted by Crippen LogP contribution is -2.38. The van der Waals surface area contributed by atoms with Gasteiger partial charge in [-0.1, -0.05) is 29.3 Å². The van der Waals surface area contributed by atoms with Crippen molar-refractivity contribution in [1.82, 2.24) is 5.32 Å². The standard InChI is InChI=1S/C21H22ClN3O3S/c1-11-6-12(2)20(13(3)7-11)25-19(27)10-23-18(26)9-17-21(28)24-15-8-14(22)4-5-16(15)29-17/h4-8,17H,9-10H2,1-3H3,(H,23,26)(H,24,28)(H,25,27). The first-order valence-electron chi connectivity index (χ1n) is 9.14. The number of amides is 3. The van der Waals surface area contributed by atoms with Crippen LogP contribution in [0.2, 0.25) is 5.02 Å². The van der Waals surface area contributed by atoms with E-state index in [1.807, 2.05) is 39.0 Å². The normalized spacial score (nSPS) is 15.3. The Morgan fingerprint density at radius 3 is 2.48 bits per heavy atom. The summed E-state index contributed by atoms with van der Waals surface area (Å²) < 4.78 is 0. The van der Waals surface area contributed by atoms with Gasteiger partial charge in [0.15, 0.2) is 0 Å². The molecule has 152 valence electrons. The first kappa shape index (κ1) is 21.2. The maximum absolute atomic E-state index is 12.3. The molecule has 0 aliphatic carbocycles. The second-order valence-electron chi connectivity index (χ2n) is 7.04. The highest BCUT2D eigenvalue weighted by atomic mass is 35.5. The smallest absolute Gasteiger partial charge is 0.243 e. The minimum Gasteiger partial charge on any atom is -0.347 e. The second kappa shape index (κ2) is 8.88. The van der Waals surface area contributed by atoms with E-state index >= 15 is 0 Å². The number of benzene rings is 2. The van der Waals surface area contributed by atoms with Gasteiger partial charge in [0.1, 0.15) is 0 Å². The van der Waals surface area contributed by atoms with E-state index in [2.05, 4.69) is 16.0 Å². The van der Waals surface area contributed by atoms with Crippen LogP contribution in [-0.2, 0) is 14.4 Å². The number of thioether (sulfide) groups is 1. The zero-order valence-corrected chi connectivity index (χ0v) is 18.0. The molecule has 3 N–H and O–H groups in total. The van der Waals surface area contributed by atoms with Crippen molar-refractivity contribution in [3.8, 4) is 0 Å². The molecule has 0 saturated carbocycles. The summed E-state index contributed by atoms with van der Waals surface area (Å²) in [7, 11) is 0. The number of aryl methyl sites for hydroxylation is 3. The number of carbonyl (C=O) groups excluding carboxylic acids is 3. The minimum atomic E-state index is -0.562. The Bertz CT molecular complexity index is 970. The van der Waals surface area contributed by atoms with Crippen molar-refractivity contribution in [3.63, 3.8) is 0 Å². The molecule has 0 aromatic heterocycles. The lowest BCUT2D eigenvalue weighted by atomic mass is 10.1. The molecule has 0 radical (unpaired) electrons. The Kier molecular flexibility index (Phi) is 6.49. The van der Waals surface area contributed by atoms with Crippen LogP contribution in [0, 0.1) is 20.8 Å². The quantitative estimate of drug-likeness (QED) is 0.671. The Balaban J connectivity index is 1.53. The molecule has 0 fully saturated rings. The zero-order chi connectivity index (χ0) is 21.1. The van der Waals surface area contributed by atoms with Gasteiger partial charge < -0.3 is 16.0 Å². The number of fused-ring (bicyclic) bond motifs is 1. The fourth-order valence-electron chi connectivity index (χ4n) is 3.24. The van der Waals surface area contributed by atoms with Crippen molar-refractivity contribution in [3.05, 3.63) is 52.0 Å². The third-order valence-corrected chi connectivity index (χ3v) is 6.03. The van der Waals surface area contributed by atoms with Crippen molar-refractivity contribution >= 4 is 52.5 Å². The van der Waals surface area contributed by atoms with Gasteiger partial charge in [0.2, 0.25) is 17.7 Å². The number of hydrogen-bond donors (Lipinski definition) is 3. The van der Waals surface area contributed by atoms with Gasteiger partial charge in [0.25, 0.3) is 0 Å². The van der Waals surface area contributed by atoms with E-state index < -0.39 is 5.25 Å². The highest BCUT2D eigenvalue weighted by molar-refractivity contribution is 8.01. The fourth-order valence-corrected chi connectivity index (χ4v) is 4.50. The maximum Gasteiger partial charge on any atom is 0.243 e. The van der Waals surface area contributed by atoms with E-state index in [0.717, 1.165) is 27.3 Å². The van der Waals surface area contributed by atoms with E-state index in [-0.39, 0.29) is 30.7 Å². The summed E-state index contributed by atoms with van der Waals surface area (Å²) in [6.07, 6.45) is -0.0194. The van der Waals surface area contributed by atoms with Gasteiger partial charge in [-0.25, -0.2) is 0 Å². The molecule has 0 bridgehead atoms. The minimum absolute atomic E-state index is 0.0194. The molecule has 1 aliphatic rings. The van der Waals surface area contributed by atoms with Crippen LogP contribution in [0.3, 0.4) is 0 Å². The van der Waals surface area contributed by atoms with Crippen LogP contribution in [0.5, 0.6) is 0 Å². The summed E-state index contributed by atoms with van der Waals surface area (Å²) in [6.45, 7) is 5.70. The Labute approximate surface area is 178 Å². The average molecular weight is 432 g/mol. The van der Waals surface area contributed by atoms with Crippen molar-refractivity contribution in [2.45, 2.75) is 37.3 Å². The molecule has 1 heterocycles. The molecule has 8 heteroatoms. The lowest BCUT2D eigenvalue weighted by Gasteiger charge is -2.23. The van der Waals surface area contributed by atoms with Crippen molar-refractivity contribution in [2.75, 3.05) is 17.2 Å². The number of nitrogens with one attached hydrogen (secondary N) is 3. The summed E-state index contributed by atoms with van der Waals surface area (Å²) in [5, 5.41) is 8.17. The second-order valence-corrected chi connectivity index (χ2v) is 8.72. The van der Waals surface area contributed by atoms with Crippen LogP contribution < -0.4 is 16.0 Å². The SMILES string of the molecule is Cc1cc(C)c(NC(=O)CNC(=O)CC2Sc3ccc(Cl)cc3NC2=O)c(C)c1. The third kappa shape index (κ3) is 5.31. The van der Waals surface area contributed by atoms with Crippen molar-refractivity contribution in [2.24, 2.45) is 0 Å². The van der Waals surface area contributed by atoms with Crippen molar-refractivity contribution in [1.29, 1.82) is 0 Å². The van der Waals surface area contributed by atoms with E-state index in [1.165, 1.54) is 11.8 Å². The number of rotatable bonds is 5.